The molecule has 346 valence electrons. The molecule has 62 heavy (non-hydrogen) atoms. The summed E-state index contributed by atoms with van der Waals surface area (Å²) in [5.41, 5.74) is 8.56. The molecule has 1 heterocycles. The molecular weight excluding hydrogens is 789 g/mol. The van der Waals surface area contributed by atoms with Gasteiger partial charge in [0, 0.05) is 46.5 Å². The summed E-state index contributed by atoms with van der Waals surface area (Å²) < 4.78 is 17.1. The van der Waals surface area contributed by atoms with Gasteiger partial charge in [0.2, 0.25) is 23.6 Å². The van der Waals surface area contributed by atoms with E-state index in [1.54, 1.807) is 30.9 Å². The van der Waals surface area contributed by atoms with Crippen LogP contribution in [-0.2, 0) is 51.0 Å². The Morgan fingerprint density at radius 2 is 1.48 bits per heavy atom. The lowest BCUT2D eigenvalue weighted by Crippen LogP contribution is -2.60. The van der Waals surface area contributed by atoms with Gasteiger partial charge in [0.1, 0.15) is 12.1 Å². The number of benzene rings is 2. The van der Waals surface area contributed by atoms with Crippen molar-refractivity contribution >= 4 is 35.3 Å². The maximum Gasteiger partial charge on any atom is 0.328 e. The van der Waals surface area contributed by atoms with Crippen molar-refractivity contribution in [1.29, 1.82) is 0 Å². The van der Waals surface area contributed by atoms with Gasteiger partial charge in [-0.05, 0) is 67.3 Å². The molecule has 1 unspecified atom stereocenters. The van der Waals surface area contributed by atoms with Crippen LogP contribution < -0.4 is 16.4 Å². The number of rotatable bonds is 24. The molecule has 1 aliphatic heterocycles. The van der Waals surface area contributed by atoms with Crippen LogP contribution in [0.5, 0.6) is 0 Å². The molecule has 9 atom stereocenters. The van der Waals surface area contributed by atoms with Crippen LogP contribution in [0.3, 0.4) is 0 Å². The quantitative estimate of drug-likeness (QED) is 0.0990. The Morgan fingerprint density at radius 3 is 2.03 bits per heavy atom. The highest BCUT2D eigenvalue weighted by molar-refractivity contribution is 5.90. The zero-order valence-electron chi connectivity index (χ0n) is 39.4. The van der Waals surface area contributed by atoms with Crippen molar-refractivity contribution in [1.82, 2.24) is 25.3 Å². The summed E-state index contributed by atoms with van der Waals surface area (Å²) >= 11 is 0. The number of ether oxygens (including phenoxy) is 3. The monoisotopic (exact) mass is 865 g/mol. The first-order valence-electron chi connectivity index (χ1n) is 22.3. The smallest absolute Gasteiger partial charge is 0.328 e. The number of likely N-dealkylation sites (tertiary alicyclic amines) is 1. The van der Waals surface area contributed by atoms with E-state index in [-0.39, 0.29) is 54.2 Å². The molecule has 1 aliphatic rings. The van der Waals surface area contributed by atoms with E-state index in [0.29, 0.717) is 31.6 Å². The number of nitrogens with zero attached hydrogens (tertiary/aromatic N) is 3. The average Bonchev–Trinajstić information content (AvgIpc) is 3.74. The molecule has 14 heteroatoms. The van der Waals surface area contributed by atoms with Crippen LogP contribution in [0.4, 0.5) is 5.69 Å². The molecule has 2 aromatic rings. The number of carbonyl (C=O) groups is 5. The predicted molar refractivity (Wildman–Crippen MR) is 243 cm³/mol. The molecule has 1 fully saturated rings. The number of carbonyl (C=O) groups excluding carboxylic acids is 5. The maximum absolute atomic E-state index is 14.6. The van der Waals surface area contributed by atoms with E-state index in [0.717, 1.165) is 24.0 Å². The van der Waals surface area contributed by atoms with E-state index in [1.165, 1.54) is 14.2 Å². The Hall–Kier alpha value is -4.53. The van der Waals surface area contributed by atoms with Crippen LogP contribution in [0.1, 0.15) is 85.3 Å². The van der Waals surface area contributed by atoms with Gasteiger partial charge in [-0.3, -0.25) is 24.1 Å². The van der Waals surface area contributed by atoms with Gasteiger partial charge in [-0.2, -0.15) is 0 Å². The number of anilines is 1. The normalized spacial score (nSPS) is 18.0. The zero-order chi connectivity index (χ0) is 46.3. The molecule has 0 bridgehead atoms. The van der Waals surface area contributed by atoms with Crippen LogP contribution in [0.15, 0.2) is 54.6 Å². The van der Waals surface area contributed by atoms with Crippen LogP contribution in [0.25, 0.3) is 0 Å². The second-order valence-corrected chi connectivity index (χ2v) is 17.8. The molecule has 1 saturated heterocycles. The van der Waals surface area contributed by atoms with Gasteiger partial charge >= 0.3 is 5.97 Å². The first kappa shape index (κ1) is 51.8. The number of methoxy groups -OCH3 is 3. The maximum atomic E-state index is 14.6. The first-order chi connectivity index (χ1) is 29.4. The first-order valence-corrected chi connectivity index (χ1v) is 22.3. The van der Waals surface area contributed by atoms with Gasteiger partial charge in [0.15, 0.2) is 0 Å². The van der Waals surface area contributed by atoms with E-state index >= 15 is 0 Å². The summed E-state index contributed by atoms with van der Waals surface area (Å²) in [6.45, 7) is 14.8. The Balaban J connectivity index is 1.77. The standard InChI is InChI=1S/C48H76N6O8/c1-13-32(6)43(53(9)47(58)41(30(2)3)51-46(57)42(31(4)5)52(8)27-25-34-21-23-36(49)24-22-34)39(60-10)29-40(55)54-26-17-20-38(54)44(61-11)33(7)45(56)50-37(48(59)62-12)28-35-18-15-14-16-19-35/h14-16,18-19,21-24,30-33,37-39,41-44H,13,17,20,25-29,49H2,1-12H3,(H,50,56)(H,51,57)/t32-,33+,37-,38-,39+,41-,42?,43-,44+/m0/s1. The van der Waals surface area contributed by atoms with Crippen LogP contribution in [0, 0.1) is 23.7 Å². The molecule has 0 spiro atoms. The van der Waals surface area contributed by atoms with Crippen molar-refractivity contribution in [2.24, 2.45) is 23.7 Å². The molecule has 4 N–H and O–H groups in total. The number of esters is 1. The van der Waals surface area contributed by atoms with Gasteiger partial charge in [-0.1, -0.05) is 97.4 Å². The zero-order valence-corrected chi connectivity index (χ0v) is 39.4. The van der Waals surface area contributed by atoms with Crippen LogP contribution in [-0.4, -0.2) is 135 Å². The van der Waals surface area contributed by atoms with Crippen molar-refractivity contribution < 1.29 is 38.2 Å². The molecule has 14 nitrogen and oxygen atoms in total. The number of likely N-dealkylation sites (N-methyl/N-ethyl adjacent to an activating group) is 2. The Kier molecular flexibility index (Phi) is 20.8. The second-order valence-electron chi connectivity index (χ2n) is 17.8. The number of nitrogens with two attached hydrogens (primary N) is 1. The lowest BCUT2D eigenvalue weighted by Gasteiger charge is -2.41. The molecule has 0 aliphatic carbocycles. The highest BCUT2D eigenvalue weighted by atomic mass is 16.5. The predicted octanol–water partition coefficient (Wildman–Crippen LogP) is 4.73. The highest BCUT2D eigenvalue weighted by Gasteiger charge is 2.43. The van der Waals surface area contributed by atoms with E-state index in [2.05, 4.69) is 10.6 Å². The molecular formula is C48H76N6O8. The largest absolute Gasteiger partial charge is 0.467 e. The minimum atomic E-state index is -0.900. The van der Waals surface area contributed by atoms with Gasteiger partial charge in [0.25, 0.3) is 0 Å². The number of nitrogen functional groups attached to an aromatic ring is 1. The van der Waals surface area contributed by atoms with Crippen molar-refractivity contribution in [3.8, 4) is 0 Å². The third kappa shape index (κ3) is 14.0. The van der Waals surface area contributed by atoms with Gasteiger partial charge in [-0.15, -0.1) is 0 Å². The van der Waals surface area contributed by atoms with Gasteiger partial charge < -0.3 is 40.4 Å². The van der Waals surface area contributed by atoms with Crippen molar-refractivity contribution in [2.45, 2.75) is 129 Å². The van der Waals surface area contributed by atoms with Crippen LogP contribution >= 0.6 is 0 Å². The summed E-state index contributed by atoms with van der Waals surface area (Å²) in [6.07, 6.45) is 1.72. The minimum Gasteiger partial charge on any atom is -0.467 e. The van der Waals surface area contributed by atoms with Gasteiger partial charge in [-0.25, -0.2) is 4.79 Å². The fourth-order valence-corrected chi connectivity index (χ4v) is 8.91. The van der Waals surface area contributed by atoms with E-state index < -0.39 is 54.3 Å². The summed E-state index contributed by atoms with van der Waals surface area (Å²) in [7, 11) is 8.04. The lowest BCUT2D eigenvalue weighted by atomic mass is 9.89. The third-order valence-corrected chi connectivity index (χ3v) is 12.7. The molecule has 0 aromatic heterocycles. The van der Waals surface area contributed by atoms with Gasteiger partial charge in [0.05, 0.1) is 49.8 Å². The molecule has 4 amide bonds. The number of hydrogen-bond donors (Lipinski definition) is 3. The SMILES string of the molecule is CC[C@H](C)[C@@H]([C@@H](CC(=O)N1CCC[C@H]1[C@H](OC)[C@@H](C)C(=O)N[C@@H](Cc1ccccc1)C(=O)OC)OC)N(C)C(=O)[C@@H](NC(=O)C(C(C)C)N(C)CCc1ccc(N)cc1)C(C)C. The lowest BCUT2D eigenvalue weighted by molar-refractivity contribution is -0.149. The summed E-state index contributed by atoms with van der Waals surface area (Å²) in [5, 5.41) is 5.99. The number of nitrogens with one attached hydrogen (secondary N) is 2. The van der Waals surface area contributed by atoms with E-state index in [4.69, 9.17) is 19.9 Å². The Bertz CT molecular complexity index is 1730. The van der Waals surface area contributed by atoms with E-state index in [9.17, 15) is 24.0 Å². The fourth-order valence-electron chi connectivity index (χ4n) is 8.91. The average molecular weight is 865 g/mol. The van der Waals surface area contributed by atoms with E-state index in [1.807, 2.05) is 108 Å². The summed E-state index contributed by atoms with van der Waals surface area (Å²) in [5.74, 6) is -2.59. The number of hydrogen-bond acceptors (Lipinski definition) is 10. The Labute approximate surface area is 370 Å². The summed E-state index contributed by atoms with van der Waals surface area (Å²) in [6, 6.07) is 14.0. The highest BCUT2D eigenvalue weighted by Crippen LogP contribution is 2.30. The Morgan fingerprint density at radius 1 is 0.839 bits per heavy atom. The molecule has 2 aromatic carbocycles. The second kappa shape index (κ2) is 24.9. The van der Waals surface area contributed by atoms with Crippen molar-refractivity contribution in [3.63, 3.8) is 0 Å². The van der Waals surface area contributed by atoms with Crippen molar-refractivity contribution in [2.75, 3.05) is 54.2 Å². The number of amides is 4. The van der Waals surface area contributed by atoms with Crippen LogP contribution in [0.2, 0.25) is 0 Å². The molecule has 3 rings (SSSR count). The fraction of sp³-hybridized carbons (Fsp3) is 0.646. The summed E-state index contributed by atoms with van der Waals surface area (Å²) in [4.78, 5) is 74.9. The molecule has 0 saturated carbocycles. The molecule has 0 radical (unpaired) electrons. The minimum absolute atomic E-state index is 0.00887. The third-order valence-electron chi connectivity index (χ3n) is 12.7. The topological polar surface area (TPSA) is 173 Å². The van der Waals surface area contributed by atoms with Crippen molar-refractivity contribution in [3.05, 3.63) is 65.7 Å².